The van der Waals surface area contributed by atoms with Gasteiger partial charge in [-0.25, -0.2) is 15.0 Å². The predicted molar refractivity (Wildman–Crippen MR) is 95.9 cm³/mol. The molecule has 0 radical (unpaired) electrons. The molecule has 0 spiro atoms. The van der Waals surface area contributed by atoms with Crippen LogP contribution in [0, 0.1) is 5.92 Å². The van der Waals surface area contributed by atoms with Crippen molar-refractivity contribution in [3.63, 3.8) is 0 Å². The van der Waals surface area contributed by atoms with E-state index in [0.29, 0.717) is 21.8 Å². The maximum absolute atomic E-state index is 12.8. The van der Waals surface area contributed by atoms with Gasteiger partial charge in [-0.15, -0.1) is 11.3 Å². The Morgan fingerprint density at radius 3 is 2.58 bits per heavy atom. The van der Waals surface area contributed by atoms with Crippen LogP contribution in [0.5, 0.6) is 0 Å². The SMILES string of the molecule is CCCC1CCC(N(C)C(=O)c2cnc(-c3ncccn3)s2)CC1. The molecule has 3 rings (SSSR count). The first kappa shape index (κ1) is 17.0. The summed E-state index contributed by atoms with van der Waals surface area (Å²) in [4.78, 5) is 28.0. The first-order chi connectivity index (χ1) is 11.7. The fourth-order valence-corrected chi connectivity index (χ4v) is 4.30. The Bertz CT molecular complexity index is 665. The molecule has 1 fully saturated rings. The average molecular weight is 344 g/mol. The van der Waals surface area contributed by atoms with Crippen LogP contribution >= 0.6 is 11.3 Å². The van der Waals surface area contributed by atoms with Gasteiger partial charge in [0.1, 0.15) is 4.88 Å². The van der Waals surface area contributed by atoms with Crippen molar-refractivity contribution in [2.24, 2.45) is 5.92 Å². The minimum atomic E-state index is 0.0635. The van der Waals surface area contributed by atoms with Gasteiger partial charge in [0, 0.05) is 25.5 Å². The zero-order valence-electron chi connectivity index (χ0n) is 14.3. The molecule has 2 aromatic rings. The van der Waals surface area contributed by atoms with Crippen molar-refractivity contribution in [2.75, 3.05) is 7.05 Å². The van der Waals surface area contributed by atoms with E-state index in [1.54, 1.807) is 24.7 Å². The highest BCUT2D eigenvalue weighted by Crippen LogP contribution is 2.31. The van der Waals surface area contributed by atoms with Gasteiger partial charge in [-0.1, -0.05) is 19.8 Å². The summed E-state index contributed by atoms with van der Waals surface area (Å²) in [5, 5.41) is 0.694. The van der Waals surface area contributed by atoms with Crippen LogP contribution in [0.1, 0.15) is 55.1 Å². The van der Waals surface area contributed by atoms with E-state index < -0.39 is 0 Å². The third kappa shape index (κ3) is 3.80. The predicted octanol–water partition coefficient (Wildman–Crippen LogP) is 4.03. The first-order valence-corrected chi connectivity index (χ1v) is 9.51. The van der Waals surface area contributed by atoms with Gasteiger partial charge in [-0.3, -0.25) is 4.79 Å². The lowest BCUT2D eigenvalue weighted by Crippen LogP contribution is -2.39. The van der Waals surface area contributed by atoms with E-state index in [4.69, 9.17) is 0 Å². The van der Waals surface area contributed by atoms with E-state index >= 15 is 0 Å². The summed E-state index contributed by atoms with van der Waals surface area (Å²) in [6, 6.07) is 2.12. The molecule has 2 heterocycles. The largest absolute Gasteiger partial charge is 0.338 e. The molecule has 2 aromatic heterocycles. The Morgan fingerprint density at radius 1 is 1.21 bits per heavy atom. The van der Waals surface area contributed by atoms with Crippen molar-refractivity contribution in [3.05, 3.63) is 29.5 Å². The summed E-state index contributed by atoms with van der Waals surface area (Å²) in [6.45, 7) is 2.25. The van der Waals surface area contributed by atoms with E-state index in [1.165, 1.54) is 37.0 Å². The van der Waals surface area contributed by atoms with E-state index in [9.17, 15) is 4.79 Å². The number of hydrogen-bond donors (Lipinski definition) is 0. The van der Waals surface area contributed by atoms with Crippen molar-refractivity contribution < 1.29 is 4.79 Å². The van der Waals surface area contributed by atoms with Gasteiger partial charge in [-0.05, 0) is 37.7 Å². The van der Waals surface area contributed by atoms with E-state index in [2.05, 4.69) is 21.9 Å². The molecule has 128 valence electrons. The van der Waals surface area contributed by atoms with Gasteiger partial charge in [0.2, 0.25) is 0 Å². The zero-order valence-corrected chi connectivity index (χ0v) is 15.1. The molecule has 0 aliphatic heterocycles. The molecule has 0 saturated heterocycles. The van der Waals surface area contributed by atoms with Gasteiger partial charge in [0.25, 0.3) is 5.91 Å². The van der Waals surface area contributed by atoms with Crippen LogP contribution in [0.15, 0.2) is 24.7 Å². The molecule has 0 N–H and O–H groups in total. The minimum absolute atomic E-state index is 0.0635. The van der Waals surface area contributed by atoms with Crippen molar-refractivity contribution in [1.29, 1.82) is 0 Å². The average Bonchev–Trinajstić information content (AvgIpc) is 3.12. The third-order valence-electron chi connectivity index (χ3n) is 4.85. The van der Waals surface area contributed by atoms with Gasteiger partial charge < -0.3 is 4.90 Å². The molecule has 6 heteroatoms. The molecule has 1 aliphatic carbocycles. The minimum Gasteiger partial charge on any atom is -0.338 e. The van der Waals surface area contributed by atoms with Gasteiger partial charge in [-0.2, -0.15) is 0 Å². The van der Waals surface area contributed by atoms with Crippen LogP contribution in [0.3, 0.4) is 0 Å². The fraction of sp³-hybridized carbons (Fsp3) is 0.556. The van der Waals surface area contributed by atoms with Crippen molar-refractivity contribution >= 4 is 17.2 Å². The molecule has 1 saturated carbocycles. The van der Waals surface area contributed by atoms with E-state index in [-0.39, 0.29) is 5.91 Å². The van der Waals surface area contributed by atoms with Crippen LogP contribution < -0.4 is 0 Å². The molecule has 0 unspecified atom stereocenters. The number of nitrogens with zero attached hydrogens (tertiary/aromatic N) is 4. The number of thiazole rings is 1. The van der Waals surface area contributed by atoms with Crippen LogP contribution in [0.25, 0.3) is 10.8 Å². The highest BCUT2D eigenvalue weighted by Gasteiger charge is 2.27. The zero-order chi connectivity index (χ0) is 16.9. The van der Waals surface area contributed by atoms with Crippen LogP contribution in [0.4, 0.5) is 0 Å². The maximum Gasteiger partial charge on any atom is 0.265 e. The number of amides is 1. The lowest BCUT2D eigenvalue weighted by molar-refractivity contribution is 0.0678. The highest BCUT2D eigenvalue weighted by atomic mass is 32.1. The van der Waals surface area contributed by atoms with Crippen molar-refractivity contribution in [1.82, 2.24) is 19.9 Å². The second-order valence-electron chi connectivity index (χ2n) is 6.48. The lowest BCUT2D eigenvalue weighted by atomic mass is 9.83. The van der Waals surface area contributed by atoms with E-state index in [0.717, 1.165) is 18.8 Å². The Hall–Kier alpha value is -1.82. The Labute approximate surface area is 147 Å². The molecule has 0 aromatic carbocycles. The number of aromatic nitrogens is 3. The first-order valence-electron chi connectivity index (χ1n) is 8.69. The maximum atomic E-state index is 12.8. The second-order valence-corrected chi connectivity index (χ2v) is 7.51. The Morgan fingerprint density at radius 2 is 1.92 bits per heavy atom. The number of carbonyl (C=O) groups is 1. The molecule has 1 amide bonds. The van der Waals surface area contributed by atoms with E-state index in [1.807, 2.05) is 11.9 Å². The summed E-state index contributed by atoms with van der Waals surface area (Å²) >= 11 is 1.37. The summed E-state index contributed by atoms with van der Waals surface area (Å²) < 4.78 is 0. The molecule has 1 aliphatic rings. The summed E-state index contributed by atoms with van der Waals surface area (Å²) in [6.07, 6.45) is 12.3. The molecular formula is C18H24N4OS. The quantitative estimate of drug-likeness (QED) is 0.821. The third-order valence-corrected chi connectivity index (χ3v) is 5.84. The molecule has 5 nitrogen and oxygen atoms in total. The van der Waals surface area contributed by atoms with Crippen LogP contribution in [0.2, 0.25) is 0 Å². The molecule has 24 heavy (non-hydrogen) atoms. The van der Waals surface area contributed by atoms with Crippen LogP contribution in [-0.2, 0) is 0 Å². The molecule has 0 atom stereocenters. The molecular weight excluding hydrogens is 320 g/mol. The monoisotopic (exact) mass is 344 g/mol. The van der Waals surface area contributed by atoms with Gasteiger partial charge >= 0.3 is 0 Å². The Balaban J connectivity index is 1.63. The highest BCUT2D eigenvalue weighted by molar-refractivity contribution is 7.16. The number of carbonyl (C=O) groups excluding carboxylic acids is 1. The van der Waals surface area contributed by atoms with Gasteiger partial charge in [0.05, 0.1) is 6.20 Å². The lowest BCUT2D eigenvalue weighted by Gasteiger charge is -2.34. The van der Waals surface area contributed by atoms with Crippen LogP contribution in [-0.4, -0.2) is 38.8 Å². The number of rotatable bonds is 5. The smallest absolute Gasteiger partial charge is 0.265 e. The van der Waals surface area contributed by atoms with Crippen molar-refractivity contribution in [2.45, 2.75) is 51.5 Å². The summed E-state index contributed by atoms with van der Waals surface area (Å²) in [5.41, 5.74) is 0. The van der Waals surface area contributed by atoms with Gasteiger partial charge in [0.15, 0.2) is 10.8 Å². The topological polar surface area (TPSA) is 59.0 Å². The summed E-state index contributed by atoms with van der Waals surface area (Å²) in [7, 11) is 1.92. The Kier molecular flexibility index (Phi) is 5.56. The normalized spacial score (nSPS) is 20.8. The summed E-state index contributed by atoms with van der Waals surface area (Å²) in [5.74, 6) is 1.48. The standard InChI is InChI=1S/C18H24N4OS/c1-3-5-13-6-8-14(9-7-13)22(2)18(23)15-12-21-17(24-15)16-19-10-4-11-20-16/h4,10-14H,3,5-9H2,1-2H3. The second kappa shape index (κ2) is 7.83. The molecule has 0 bridgehead atoms. The number of hydrogen-bond acceptors (Lipinski definition) is 5. The van der Waals surface area contributed by atoms with Crippen molar-refractivity contribution in [3.8, 4) is 10.8 Å². The fourth-order valence-electron chi connectivity index (χ4n) is 3.45.